The Balaban J connectivity index is 1.86. The van der Waals surface area contributed by atoms with Gasteiger partial charge in [0.05, 0.1) is 11.7 Å². The summed E-state index contributed by atoms with van der Waals surface area (Å²) in [6, 6.07) is 5.26. The van der Waals surface area contributed by atoms with Crippen LogP contribution in [0.2, 0.25) is 0 Å². The molecule has 1 heterocycles. The number of aryl methyl sites for hydroxylation is 2. The molecule has 24 heavy (non-hydrogen) atoms. The Kier molecular flexibility index (Phi) is 4.26. The Morgan fingerprint density at radius 2 is 2.08 bits per heavy atom. The summed E-state index contributed by atoms with van der Waals surface area (Å²) in [5.74, 6) is 0.000656. The molecule has 1 aliphatic rings. The van der Waals surface area contributed by atoms with Crippen LogP contribution < -0.4 is 5.32 Å². The van der Waals surface area contributed by atoms with Gasteiger partial charge in [-0.05, 0) is 45.7 Å². The molecule has 0 spiro atoms. The molecule has 0 aliphatic heterocycles. The van der Waals surface area contributed by atoms with Crippen molar-refractivity contribution < 1.29 is 9.59 Å². The second-order valence-corrected chi connectivity index (χ2v) is 6.35. The number of amides is 1. The molecule has 1 aliphatic carbocycles. The maximum Gasteiger partial charge on any atom is 0.252 e. The van der Waals surface area contributed by atoms with Crippen LogP contribution in [0.4, 0.5) is 0 Å². The van der Waals surface area contributed by atoms with Crippen LogP contribution >= 0.6 is 0 Å². The lowest BCUT2D eigenvalue weighted by atomic mass is 10.0. The first-order chi connectivity index (χ1) is 11.4. The summed E-state index contributed by atoms with van der Waals surface area (Å²) < 4.78 is 1.95. The molecule has 1 atom stereocenters. The minimum atomic E-state index is -0.134. The molecule has 0 unspecified atom stereocenters. The number of hydrogen-bond donors (Lipinski definition) is 1. The first-order valence-electron chi connectivity index (χ1n) is 8.43. The fraction of sp³-hybridized carbons (Fsp3) is 0.421. The van der Waals surface area contributed by atoms with Gasteiger partial charge in [0.1, 0.15) is 0 Å². The normalized spacial score (nSPS) is 14.6. The molecular weight excluding hydrogens is 302 g/mol. The fourth-order valence-electron chi connectivity index (χ4n) is 3.70. The van der Waals surface area contributed by atoms with E-state index in [0.717, 1.165) is 29.1 Å². The summed E-state index contributed by atoms with van der Waals surface area (Å²) in [6.45, 7) is 8.83. The predicted molar refractivity (Wildman–Crippen MR) is 92.3 cm³/mol. The average molecular weight is 325 g/mol. The summed E-state index contributed by atoms with van der Waals surface area (Å²) in [5.41, 5.74) is 5.27. The highest BCUT2D eigenvalue weighted by Gasteiger charge is 2.26. The minimum Gasteiger partial charge on any atom is -0.345 e. The Bertz CT molecular complexity index is 820. The lowest BCUT2D eigenvalue weighted by molar-refractivity contribution is 0.0938. The lowest BCUT2D eigenvalue weighted by Crippen LogP contribution is -2.28. The minimum absolute atomic E-state index is 0.128. The van der Waals surface area contributed by atoms with E-state index in [-0.39, 0.29) is 17.7 Å². The van der Waals surface area contributed by atoms with Crippen molar-refractivity contribution in [3.05, 3.63) is 51.8 Å². The highest BCUT2D eigenvalue weighted by Crippen LogP contribution is 2.27. The lowest BCUT2D eigenvalue weighted by Gasteiger charge is -2.16. The topological polar surface area (TPSA) is 64.0 Å². The van der Waals surface area contributed by atoms with E-state index in [1.807, 2.05) is 31.5 Å². The number of ketones is 1. The van der Waals surface area contributed by atoms with Crippen LogP contribution in [-0.2, 0) is 13.0 Å². The van der Waals surface area contributed by atoms with Crippen LogP contribution in [0.1, 0.15) is 69.5 Å². The van der Waals surface area contributed by atoms with Gasteiger partial charge >= 0.3 is 0 Å². The number of benzene rings is 1. The molecule has 1 N–H and O–H groups in total. The summed E-state index contributed by atoms with van der Waals surface area (Å²) in [7, 11) is 0. The van der Waals surface area contributed by atoms with E-state index in [1.54, 1.807) is 12.1 Å². The van der Waals surface area contributed by atoms with Gasteiger partial charge in [-0.25, -0.2) is 0 Å². The largest absolute Gasteiger partial charge is 0.345 e. The van der Waals surface area contributed by atoms with Crippen LogP contribution in [0.25, 0.3) is 0 Å². The smallest absolute Gasteiger partial charge is 0.252 e. The van der Waals surface area contributed by atoms with Crippen molar-refractivity contribution in [3.63, 3.8) is 0 Å². The van der Waals surface area contributed by atoms with Crippen molar-refractivity contribution in [2.45, 2.75) is 53.1 Å². The highest BCUT2D eigenvalue weighted by atomic mass is 16.1. The summed E-state index contributed by atoms with van der Waals surface area (Å²) in [4.78, 5) is 24.6. The molecule has 126 valence electrons. The van der Waals surface area contributed by atoms with Gasteiger partial charge in [-0.1, -0.05) is 12.1 Å². The third kappa shape index (κ3) is 2.64. The number of nitrogens with zero attached hydrogens (tertiary/aromatic N) is 2. The standard InChI is InChI=1S/C19H23N3O2/c1-5-22-13(4)18(12(3)21-22)11(2)20-19(24)16-8-6-7-15-14(16)9-10-17(15)23/h6-8,11H,5,9-10H2,1-4H3,(H,20,24)/t11-/m0/s1. The molecule has 3 rings (SSSR count). The van der Waals surface area contributed by atoms with Gasteiger partial charge < -0.3 is 5.32 Å². The van der Waals surface area contributed by atoms with Crippen molar-refractivity contribution in [1.82, 2.24) is 15.1 Å². The number of hydrogen-bond acceptors (Lipinski definition) is 3. The number of aromatic nitrogens is 2. The summed E-state index contributed by atoms with van der Waals surface area (Å²) in [5, 5.41) is 7.59. The quantitative estimate of drug-likeness (QED) is 0.939. The number of Topliss-reactive ketones (excluding diaryl/α,β-unsaturated/α-hetero) is 1. The van der Waals surface area contributed by atoms with Crippen LogP contribution in [0, 0.1) is 13.8 Å². The van der Waals surface area contributed by atoms with Crippen LogP contribution in [0.15, 0.2) is 18.2 Å². The SMILES string of the molecule is CCn1nc(C)c([C@H](C)NC(=O)c2cccc3c2CCC3=O)c1C. The van der Waals surface area contributed by atoms with Gasteiger partial charge in [0.25, 0.3) is 5.91 Å². The fourth-order valence-corrected chi connectivity index (χ4v) is 3.70. The molecule has 2 aromatic rings. The van der Waals surface area contributed by atoms with Crippen LogP contribution in [-0.4, -0.2) is 21.5 Å². The van der Waals surface area contributed by atoms with Crippen molar-refractivity contribution in [2.24, 2.45) is 0 Å². The van der Waals surface area contributed by atoms with Gasteiger partial charge in [0.2, 0.25) is 0 Å². The molecule has 0 saturated heterocycles. The molecular formula is C19H23N3O2. The van der Waals surface area contributed by atoms with Crippen LogP contribution in [0.3, 0.4) is 0 Å². The Labute approximate surface area is 142 Å². The van der Waals surface area contributed by atoms with E-state index in [1.165, 1.54) is 0 Å². The molecule has 0 saturated carbocycles. The second kappa shape index (κ2) is 6.23. The van der Waals surface area contributed by atoms with Gasteiger partial charge in [-0.15, -0.1) is 0 Å². The number of rotatable bonds is 4. The van der Waals surface area contributed by atoms with E-state index in [9.17, 15) is 9.59 Å². The van der Waals surface area contributed by atoms with E-state index in [2.05, 4.69) is 17.3 Å². The van der Waals surface area contributed by atoms with E-state index >= 15 is 0 Å². The zero-order valence-electron chi connectivity index (χ0n) is 14.6. The maximum atomic E-state index is 12.7. The number of carbonyl (C=O) groups excluding carboxylic acids is 2. The highest BCUT2D eigenvalue weighted by molar-refractivity contribution is 6.05. The van der Waals surface area contributed by atoms with E-state index in [4.69, 9.17) is 0 Å². The zero-order valence-corrected chi connectivity index (χ0v) is 14.6. The second-order valence-electron chi connectivity index (χ2n) is 6.35. The molecule has 5 nitrogen and oxygen atoms in total. The summed E-state index contributed by atoms with van der Waals surface area (Å²) >= 11 is 0. The van der Waals surface area contributed by atoms with Gasteiger partial charge in [0.15, 0.2) is 5.78 Å². The monoisotopic (exact) mass is 325 g/mol. The number of fused-ring (bicyclic) bond motifs is 1. The van der Waals surface area contributed by atoms with Crippen LogP contribution in [0.5, 0.6) is 0 Å². The Hall–Kier alpha value is -2.43. The van der Waals surface area contributed by atoms with E-state index in [0.29, 0.717) is 24.0 Å². The molecule has 0 radical (unpaired) electrons. The molecule has 1 aromatic carbocycles. The molecule has 1 amide bonds. The first-order valence-corrected chi connectivity index (χ1v) is 8.43. The maximum absolute atomic E-state index is 12.7. The molecule has 1 aromatic heterocycles. The van der Waals surface area contributed by atoms with E-state index < -0.39 is 0 Å². The third-order valence-electron chi connectivity index (χ3n) is 4.84. The predicted octanol–water partition coefficient (Wildman–Crippen LogP) is 3.14. The number of nitrogens with one attached hydrogen (secondary N) is 1. The van der Waals surface area contributed by atoms with Crippen molar-refractivity contribution >= 4 is 11.7 Å². The Morgan fingerprint density at radius 3 is 2.75 bits per heavy atom. The average Bonchev–Trinajstić information content (AvgIpc) is 3.07. The molecule has 0 fully saturated rings. The summed E-state index contributed by atoms with van der Waals surface area (Å²) in [6.07, 6.45) is 1.15. The van der Waals surface area contributed by atoms with Crippen molar-refractivity contribution in [2.75, 3.05) is 0 Å². The Morgan fingerprint density at radius 1 is 1.33 bits per heavy atom. The van der Waals surface area contributed by atoms with Gasteiger partial charge in [-0.3, -0.25) is 14.3 Å². The van der Waals surface area contributed by atoms with Gasteiger partial charge in [-0.2, -0.15) is 5.10 Å². The first kappa shape index (κ1) is 16.4. The van der Waals surface area contributed by atoms with Crippen molar-refractivity contribution in [1.29, 1.82) is 0 Å². The zero-order chi connectivity index (χ0) is 17.4. The van der Waals surface area contributed by atoms with Crippen molar-refractivity contribution in [3.8, 4) is 0 Å². The molecule has 5 heteroatoms. The van der Waals surface area contributed by atoms with Gasteiger partial charge in [0, 0.05) is 35.3 Å². The number of carbonyl (C=O) groups is 2. The molecule has 0 bridgehead atoms. The third-order valence-corrected chi connectivity index (χ3v) is 4.84.